The van der Waals surface area contributed by atoms with Gasteiger partial charge in [0.2, 0.25) is 5.82 Å². The standard InChI is InChI=1S/C13H14N6O/c1-2-3-8-19-16-12(15-17-19)10-9-14-11-6-4-5-7-18(11)13(10)20/h4-7,9H,2-3,8H2,1H3. The molecule has 0 atom stereocenters. The van der Waals surface area contributed by atoms with Crippen molar-refractivity contribution in [2.45, 2.75) is 26.3 Å². The van der Waals surface area contributed by atoms with Crippen molar-refractivity contribution in [3.63, 3.8) is 0 Å². The minimum Gasteiger partial charge on any atom is -0.268 e. The van der Waals surface area contributed by atoms with Crippen LogP contribution in [0.1, 0.15) is 19.8 Å². The molecule has 0 aromatic carbocycles. The molecule has 0 saturated heterocycles. The second-order valence-corrected chi connectivity index (χ2v) is 4.47. The van der Waals surface area contributed by atoms with E-state index in [-0.39, 0.29) is 5.56 Å². The zero-order valence-electron chi connectivity index (χ0n) is 11.1. The fourth-order valence-corrected chi connectivity index (χ4v) is 1.93. The van der Waals surface area contributed by atoms with Crippen molar-refractivity contribution in [3.8, 4) is 11.4 Å². The molecule has 0 radical (unpaired) electrons. The minimum atomic E-state index is -0.189. The maximum Gasteiger partial charge on any atom is 0.269 e. The molecule has 0 N–H and O–H groups in total. The number of hydrogen-bond acceptors (Lipinski definition) is 5. The van der Waals surface area contributed by atoms with Crippen LogP contribution >= 0.6 is 0 Å². The molecular weight excluding hydrogens is 256 g/mol. The third-order valence-corrected chi connectivity index (χ3v) is 3.02. The van der Waals surface area contributed by atoms with Crippen LogP contribution in [0.5, 0.6) is 0 Å². The molecular formula is C13H14N6O. The Bertz CT molecular complexity index is 791. The number of rotatable bonds is 4. The van der Waals surface area contributed by atoms with E-state index in [9.17, 15) is 4.79 Å². The molecule has 0 unspecified atom stereocenters. The Balaban J connectivity index is 2.04. The molecule has 20 heavy (non-hydrogen) atoms. The van der Waals surface area contributed by atoms with Crippen molar-refractivity contribution in [1.29, 1.82) is 0 Å². The number of fused-ring (bicyclic) bond motifs is 1. The monoisotopic (exact) mass is 270 g/mol. The molecule has 0 aliphatic heterocycles. The highest BCUT2D eigenvalue weighted by atomic mass is 16.1. The average Bonchev–Trinajstić information content (AvgIpc) is 2.94. The first kappa shape index (κ1) is 12.5. The lowest BCUT2D eigenvalue weighted by molar-refractivity contribution is 0.496. The number of nitrogens with zero attached hydrogens (tertiary/aromatic N) is 6. The van der Waals surface area contributed by atoms with E-state index >= 15 is 0 Å². The van der Waals surface area contributed by atoms with E-state index in [4.69, 9.17) is 0 Å². The molecule has 0 aliphatic carbocycles. The van der Waals surface area contributed by atoms with Gasteiger partial charge in [-0.25, -0.2) is 4.98 Å². The van der Waals surface area contributed by atoms with Crippen LogP contribution in [-0.4, -0.2) is 29.6 Å². The zero-order valence-corrected chi connectivity index (χ0v) is 11.1. The minimum absolute atomic E-state index is 0.189. The molecule has 0 spiro atoms. The van der Waals surface area contributed by atoms with Gasteiger partial charge in [-0.1, -0.05) is 19.4 Å². The van der Waals surface area contributed by atoms with Gasteiger partial charge >= 0.3 is 0 Å². The summed E-state index contributed by atoms with van der Waals surface area (Å²) < 4.78 is 1.47. The summed E-state index contributed by atoms with van der Waals surface area (Å²) in [6.07, 6.45) is 5.20. The summed E-state index contributed by atoms with van der Waals surface area (Å²) in [7, 11) is 0. The average molecular weight is 270 g/mol. The topological polar surface area (TPSA) is 78.0 Å². The fraction of sp³-hybridized carbons (Fsp3) is 0.308. The normalized spacial score (nSPS) is 11.1. The van der Waals surface area contributed by atoms with Crippen molar-refractivity contribution in [2.24, 2.45) is 0 Å². The summed E-state index contributed by atoms with van der Waals surface area (Å²) in [5.41, 5.74) is 0.765. The lowest BCUT2D eigenvalue weighted by atomic mass is 10.3. The molecule has 0 bridgehead atoms. The molecule has 7 nitrogen and oxygen atoms in total. The first-order valence-electron chi connectivity index (χ1n) is 6.54. The van der Waals surface area contributed by atoms with Crippen LogP contribution in [-0.2, 0) is 6.54 Å². The Morgan fingerprint density at radius 3 is 3.05 bits per heavy atom. The summed E-state index contributed by atoms with van der Waals surface area (Å²) in [5, 5.41) is 12.1. The zero-order chi connectivity index (χ0) is 13.9. The molecule has 3 heterocycles. The van der Waals surface area contributed by atoms with E-state index in [1.54, 1.807) is 18.3 Å². The Kier molecular flexibility index (Phi) is 3.24. The van der Waals surface area contributed by atoms with Gasteiger partial charge in [0.15, 0.2) is 0 Å². The van der Waals surface area contributed by atoms with Crippen LogP contribution in [0.2, 0.25) is 0 Å². The third-order valence-electron chi connectivity index (χ3n) is 3.02. The van der Waals surface area contributed by atoms with E-state index in [0.717, 1.165) is 12.8 Å². The van der Waals surface area contributed by atoms with E-state index < -0.39 is 0 Å². The lowest BCUT2D eigenvalue weighted by Crippen LogP contribution is -2.17. The van der Waals surface area contributed by atoms with Crippen LogP contribution in [0.4, 0.5) is 0 Å². The van der Waals surface area contributed by atoms with Crippen molar-refractivity contribution >= 4 is 5.65 Å². The number of pyridine rings is 1. The number of unbranched alkanes of at least 4 members (excludes halogenated alkanes) is 1. The summed E-state index contributed by atoms with van der Waals surface area (Å²) in [6, 6.07) is 5.39. The second kappa shape index (κ2) is 5.20. The van der Waals surface area contributed by atoms with Crippen molar-refractivity contribution in [2.75, 3.05) is 0 Å². The van der Waals surface area contributed by atoms with Gasteiger partial charge in [-0.15, -0.1) is 10.2 Å². The Hall–Kier alpha value is -2.57. The fourth-order valence-electron chi connectivity index (χ4n) is 1.93. The SMILES string of the molecule is CCCCn1nnc(-c2cnc3ccccn3c2=O)n1. The van der Waals surface area contributed by atoms with Gasteiger partial charge < -0.3 is 0 Å². The summed E-state index contributed by atoms with van der Waals surface area (Å²) in [5.74, 6) is 0.317. The molecule has 102 valence electrons. The van der Waals surface area contributed by atoms with Crippen LogP contribution in [0.15, 0.2) is 35.4 Å². The van der Waals surface area contributed by atoms with Gasteiger partial charge in [0.1, 0.15) is 11.2 Å². The van der Waals surface area contributed by atoms with Gasteiger partial charge in [-0.3, -0.25) is 9.20 Å². The summed E-state index contributed by atoms with van der Waals surface area (Å²) in [4.78, 5) is 18.1. The summed E-state index contributed by atoms with van der Waals surface area (Å²) in [6.45, 7) is 2.79. The van der Waals surface area contributed by atoms with Crippen LogP contribution in [0.3, 0.4) is 0 Å². The van der Waals surface area contributed by atoms with E-state index in [2.05, 4.69) is 27.3 Å². The molecule has 0 aliphatic rings. The van der Waals surface area contributed by atoms with E-state index in [1.807, 2.05) is 6.07 Å². The molecule has 3 aromatic heterocycles. The maximum absolute atomic E-state index is 12.4. The van der Waals surface area contributed by atoms with Gasteiger partial charge in [0.05, 0.1) is 6.54 Å². The molecule has 0 saturated carbocycles. The Morgan fingerprint density at radius 2 is 2.20 bits per heavy atom. The highest BCUT2D eigenvalue weighted by molar-refractivity contribution is 5.53. The number of aromatic nitrogens is 6. The van der Waals surface area contributed by atoms with Gasteiger partial charge in [-0.05, 0) is 23.8 Å². The number of aryl methyl sites for hydroxylation is 1. The lowest BCUT2D eigenvalue weighted by Gasteiger charge is -2.00. The highest BCUT2D eigenvalue weighted by Gasteiger charge is 2.12. The van der Waals surface area contributed by atoms with Crippen molar-refractivity contribution < 1.29 is 0 Å². The van der Waals surface area contributed by atoms with Crippen LogP contribution < -0.4 is 5.56 Å². The van der Waals surface area contributed by atoms with Crippen LogP contribution in [0.25, 0.3) is 17.0 Å². The molecule has 7 heteroatoms. The highest BCUT2D eigenvalue weighted by Crippen LogP contribution is 2.08. The maximum atomic E-state index is 12.4. The number of tetrazole rings is 1. The third kappa shape index (κ3) is 2.18. The molecule has 0 fully saturated rings. The molecule has 3 rings (SSSR count). The van der Waals surface area contributed by atoms with Gasteiger partial charge in [-0.2, -0.15) is 4.80 Å². The van der Waals surface area contributed by atoms with Crippen LogP contribution in [0, 0.1) is 0 Å². The van der Waals surface area contributed by atoms with Crippen molar-refractivity contribution in [1.82, 2.24) is 29.6 Å². The quantitative estimate of drug-likeness (QED) is 0.710. The first-order chi connectivity index (χ1) is 9.79. The van der Waals surface area contributed by atoms with Crippen molar-refractivity contribution in [3.05, 3.63) is 40.9 Å². The molecule has 0 amide bonds. The van der Waals surface area contributed by atoms with Gasteiger partial charge in [0, 0.05) is 12.4 Å². The second-order valence-electron chi connectivity index (χ2n) is 4.47. The predicted octanol–water partition coefficient (Wildman–Crippen LogP) is 1.15. The molecule has 3 aromatic rings. The smallest absolute Gasteiger partial charge is 0.268 e. The van der Waals surface area contributed by atoms with E-state index in [0.29, 0.717) is 23.6 Å². The number of hydrogen-bond donors (Lipinski definition) is 0. The summed E-state index contributed by atoms with van der Waals surface area (Å²) >= 11 is 0. The van der Waals surface area contributed by atoms with Gasteiger partial charge in [0.25, 0.3) is 5.56 Å². The van der Waals surface area contributed by atoms with E-state index in [1.165, 1.54) is 15.4 Å². The first-order valence-corrected chi connectivity index (χ1v) is 6.54. The Labute approximate surface area is 114 Å². The Morgan fingerprint density at radius 1 is 1.30 bits per heavy atom. The predicted molar refractivity (Wildman–Crippen MR) is 73.2 cm³/mol. The largest absolute Gasteiger partial charge is 0.269 e.